The zero-order valence-corrected chi connectivity index (χ0v) is 33.6. The van der Waals surface area contributed by atoms with E-state index in [0.29, 0.717) is 0 Å². The average molecular weight is 771 g/mol. The molecule has 0 saturated heterocycles. The molecule has 10 aromatic rings. The van der Waals surface area contributed by atoms with E-state index in [9.17, 15) is 0 Å². The quantitative estimate of drug-likeness (QED) is 0.178. The van der Waals surface area contributed by atoms with Crippen LogP contribution in [-0.2, 0) is 10.8 Å². The SMILES string of the molecule is CC1(C)c2ccccc2C2(c3ccccc3-c3c(-c4nc(-c5ccccc5-c5ccccc5)cc(-c5cccc6c5sc5ccccc56)n4)cccc32)c2ccccc21. The lowest BCUT2D eigenvalue weighted by molar-refractivity contribution is 0.563. The van der Waals surface area contributed by atoms with Crippen molar-refractivity contribution >= 4 is 31.5 Å². The molecule has 2 nitrogen and oxygen atoms in total. The molecule has 0 fully saturated rings. The molecular formula is C56H38N2S. The minimum Gasteiger partial charge on any atom is -0.228 e. The van der Waals surface area contributed by atoms with Crippen LogP contribution in [0.1, 0.15) is 47.2 Å². The molecule has 278 valence electrons. The highest BCUT2D eigenvalue weighted by atomic mass is 32.1. The Bertz CT molecular complexity index is 3270. The molecule has 0 N–H and O–H groups in total. The molecule has 2 aliphatic rings. The Morgan fingerprint density at radius 1 is 0.390 bits per heavy atom. The predicted octanol–water partition coefficient (Wildman–Crippen LogP) is 14.5. The molecule has 2 heterocycles. The van der Waals surface area contributed by atoms with Crippen LogP contribution in [0.2, 0.25) is 0 Å². The predicted molar refractivity (Wildman–Crippen MR) is 246 cm³/mol. The summed E-state index contributed by atoms with van der Waals surface area (Å²) in [7, 11) is 0. The van der Waals surface area contributed by atoms with Gasteiger partial charge in [0.25, 0.3) is 0 Å². The van der Waals surface area contributed by atoms with Gasteiger partial charge in [0.2, 0.25) is 0 Å². The first kappa shape index (κ1) is 34.1. The summed E-state index contributed by atoms with van der Waals surface area (Å²) in [5.74, 6) is 0.722. The molecule has 0 aliphatic heterocycles. The van der Waals surface area contributed by atoms with Crippen molar-refractivity contribution in [2.24, 2.45) is 0 Å². The highest BCUT2D eigenvalue weighted by molar-refractivity contribution is 7.26. The summed E-state index contributed by atoms with van der Waals surface area (Å²) in [6.45, 7) is 4.75. The lowest BCUT2D eigenvalue weighted by Gasteiger charge is -2.46. The van der Waals surface area contributed by atoms with Gasteiger partial charge < -0.3 is 0 Å². The van der Waals surface area contributed by atoms with E-state index < -0.39 is 5.41 Å². The van der Waals surface area contributed by atoms with Gasteiger partial charge in [-0.1, -0.05) is 196 Å². The highest BCUT2D eigenvalue weighted by Crippen LogP contribution is 2.63. The molecule has 1 spiro atoms. The monoisotopic (exact) mass is 770 g/mol. The number of benzene rings is 8. The summed E-state index contributed by atoms with van der Waals surface area (Å²) in [6, 6.07) is 71.0. The molecule has 2 aliphatic carbocycles. The Hall–Kier alpha value is -6.94. The minimum absolute atomic E-state index is 0.167. The average Bonchev–Trinajstić information content (AvgIpc) is 3.83. The molecule has 0 amide bonds. The van der Waals surface area contributed by atoms with Gasteiger partial charge >= 0.3 is 0 Å². The summed E-state index contributed by atoms with van der Waals surface area (Å²) in [5.41, 5.74) is 17.1. The third-order valence-electron chi connectivity index (χ3n) is 13.0. The van der Waals surface area contributed by atoms with Crippen LogP contribution in [0, 0.1) is 0 Å². The van der Waals surface area contributed by atoms with Crippen molar-refractivity contribution in [1.82, 2.24) is 9.97 Å². The van der Waals surface area contributed by atoms with E-state index in [4.69, 9.17) is 9.97 Å². The smallest absolute Gasteiger partial charge is 0.161 e. The number of fused-ring (bicyclic) bond motifs is 12. The van der Waals surface area contributed by atoms with Crippen LogP contribution >= 0.6 is 11.3 Å². The normalized spacial score (nSPS) is 14.2. The van der Waals surface area contributed by atoms with E-state index in [-0.39, 0.29) is 5.41 Å². The Balaban J connectivity index is 1.17. The summed E-state index contributed by atoms with van der Waals surface area (Å²) < 4.78 is 2.51. The molecule has 2 aromatic heterocycles. The molecule has 59 heavy (non-hydrogen) atoms. The molecule has 8 aromatic carbocycles. The van der Waals surface area contributed by atoms with E-state index in [1.165, 1.54) is 64.7 Å². The van der Waals surface area contributed by atoms with Gasteiger partial charge in [0, 0.05) is 42.3 Å². The molecule has 0 atom stereocenters. The zero-order chi connectivity index (χ0) is 39.3. The molecule has 0 bridgehead atoms. The van der Waals surface area contributed by atoms with Gasteiger partial charge in [-0.25, -0.2) is 9.97 Å². The number of aromatic nitrogens is 2. The molecule has 0 radical (unpaired) electrons. The fourth-order valence-corrected chi connectivity index (χ4v) is 11.7. The third-order valence-corrected chi connectivity index (χ3v) is 14.2. The van der Waals surface area contributed by atoms with Gasteiger partial charge in [0.15, 0.2) is 5.82 Å². The maximum atomic E-state index is 5.61. The molecule has 3 heteroatoms. The Kier molecular flexibility index (Phi) is 7.39. The Labute approximate surface area is 348 Å². The summed E-state index contributed by atoms with van der Waals surface area (Å²) in [5, 5.41) is 2.53. The van der Waals surface area contributed by atoms with E-state index in [1.54, 1.807) is 0 Å². The highest BCUT2D eigenvalue weighted by Gasteiger charge is 2.53. The van der Waals surface area contributed by atoms with Crippen LogP contribution in [-0.4, -0.2) is 9.97 Å². The summed E-state index contributed by atoms with van der Waals surface area (Å²) in [4.78, 5) is 11.2. The summed E-state index contributed by atoms with van der Waals surface area (Å²) >= 11 is 1.84. The van der Waals surface area contributed by atoms with Crippen molar-refractivity contribution in [1.29, 1.82) is 0 Å². The Morgan fingerprint density at radius 3 is 1.64 bits per heavy atom. The molecule has 0 unspecified atom stereocenters. The van der Waals surface area contributed by atoms with Crippen molar-refractivity contribution in [3.8, 4) is 56.2 Å². The van der Waals surface area contributed by atoms with Gasteiger partial charge in [0.1, 0.15) is 0 Å². The number of nitrogens with zero attached hydrogens (tertiary/aromatic N) is 2. The second kappa shape index (κ2) is 12.8. The topological polar surface area (TPSA) is 25.8 Å². The van der Waals surface area contributed by atoms with Crippen LogP contribution in [0.4, 0.5) is 0 Å². The van der Waals surface area contributed by atoms with Gasteiger partial charge in [0.05, 0.1) is 16.8 Å². The van der Waals surface area contributed by atoms with E-state index in [2.05, 4.69) is 208 Å². The van der Waals surface area contributed by atoms with E-state index in [1.807, 2.05) is 11.3 Å². The first-order valence-corrected chi connectivity index (χ1v) is 21.2. The van der Waals surface area contributed by atoms with Gasteiger partial charge in [-0.15, -0.1) is 11.3 Å². The maximum Gasteiger partial charge on any atom is 0.161 e. The number of rotatable bonds is 4. The van der Waals surface area contributed by atoms with Crippen LogP contribution in [0.25, 0.3) is 76.3 Å². The zero-order valence-electron chi connectivity index (χ0n) is 32.8. The largest absolute Gasteiger partial charge is 0.228 e. The maximum absolute atomic E-state index is 5.61. The van der Waals surface area contributed by atoms with Gasteiger partial charge in [-0.2, -0.15) is 0 Å². The fourth-order valence-electron chi connectivity index (χ4n) is 10.5. The number of hydrogen-bond acceptors (Lipinski definition) is 3. The van der Waals surface area contributed by atoms with Crippen LogP contribution in [0.15, 0.2) is 194 Å². The first-order valence-electron chi connectivity index (χ1n) is 20.4. The molecule has 12 rings (SSSR count). The van der Waals surface area contributed by atoms with E-state index >= 15 is 0 Å². The standard InChI is InChI=1S/C56H38N2S/c1-55(2)44-28-11-13-30-46(44)56(47-31-14-12-29-45(47)55)43-27-10-8-23-40(43)52-42(26-17-32-48(52)56)54-57-49(37-21-7-6-20-36(37)35-18-4-3-5-19-35)34-50(58-54)41-25-16-24-39-38-22-9-15-33-51(38)59-53(39)41/h3-34H,1-2H3. The number of hydrogen-bond donors (Lipinski definition) is 0. The summed E-state index contributed by atoms with van der Waals surface area (Å²) in [6.07, 6.45) is 0. The lowest BCUT2D eigenvalue weighted by atomic mass is 9.55. The van der Waals surface area contributed by atoms with Crippen LogP contribution in [0.5, 0.6) is 0 Å². The second-order valence-corrected chi connectivity index (χ2v) is 17.4. The van der Waals surface area contributed by atoms with Crippen molar-refractivity contribution in [3.63, 3.8) is 0 Å². The van der Waals surface area contributed by atoms with Crippen LogP contribution in [0.3, 0.4) is 0 Å². The van der Waals surface area contributed by atoms with Crippen molar-refractivity contribution < 1.29 is 0 Å². The van der Waals surface area contributed by atoms with Gasteiger partial charge in [-0.05, 0) is 67.8 Å². The van der Waals surface area contributed by atoms with Crippen LogP contribution < -0.4 is 0 Å². The fraction of sp³-hybridized carbons (Fsp3) is 0.0714. The lowest BCUT2D eigenvalue weighted by Crippen LogP contribution is -2.40. The van der Waals surface area contributed by atoms with Crippen molar-refractivity contribution in [2.45, 2.75) is 24.7 Å². The Morgan fingerprint density at radius 2 is 0.898 bits per heavy atom. The van der Waals surface area contributed by atoms with Crippen molar-refractivity contribution in [2.75, 3.05) is 0 Å². The molecular weight excluding hydrogens is 733 g/mol. The van der Waals surface area contributed by atoms with Gasteiger partial charge in [-0.3, -0.25) is 0 Å². The molecule has 0 saturated carbocycles. The second-order valence-electron chi connectivity index (χ2n) is 16.4. The number of thiophene rings is 1. The minimum atomic E-state index is -0.506. The first-order chi connectivity index (χ1) is 29.0. The van der Waals surface area contributed by atoms with Crippen molar-refractivity contribution in [3.05, 3.63) is 228 Å². The van der Waals surface area contributed by atoms with E-state index in [0.717, 1.165) is 45.0 Å². The third kappa shape index (κ3) is 4.80.